The average molecular weight is 263 g/mol. The van der Waals surface area contributed by atoms with Gasteiger partial charge >= 0.3 is 0 Å². The van der Waals surface area contributed by atoms with Gasteiger partial charge in [0.2, 0.25) is 6.79 Å². The van der Waals surface area contributed by atoms with E-state index < -0.39 is 0 Å². The summed E-state index contributed by atoms with van der Waals surface area (Å²) in [5.74, 6) is 1.56. The Morgan fingerprint density at radius 1 is 1.39 bits per heavy atom. The van der Waals surface area contributed by atoms with Crippen LogP contribution < -0.4 is 9.47 Å². The maximum Gasteiger partial charge on any atom is 0.231 e. The Morgan fingerprint density at radius 3 is 3.06 bits per heavy atom. The van der Waals surface area contributed by atoms with E-state index in [1.807, 2.05) is 30.5 Å². The van der Waals surface area contributed by atoms with Crippen molar-refractivity contribution < 1.29 is 14.2 Å². The van der Waals surface area contributed by atoms with E-state index in [0.717, 1.165) is 22.1 Å². The molecule has 0 saturated heterocycles. The molecule has 0 spiro atoms. The highest BCUT2D eigenvalue weighted by atomic mass is 32.1. The molecule has 1 unspecified atom stereocenters. The van der Waals surface area contributed by atoms with Gasteiger partial charge in [-0.15, -0.1) is 11.3 Å². The van der Waals surface area contributed by atoms with Crippen molar-refractivity contribution in [1.82, 2.24) is 4.98 Å². The number of thiazole rings is 1. The van der Waals surface area contributed by atoms with Gasteiger partial charge in [0, 0.05) is 18.2 Å². The molecule has 2 aromatic rings. The molecule has 3 rings (SSSR count). The second-order valence-electron chi connectivity index (χ2n) is 3.82. The predicted octanol–water partition coefficient (Wildman–Crippen LogP) is 3.00. The molecule has 1 atom stereocenters. The van der Waals surface area contributed by atoms with E-state index in [2.05, 4.69) is 4.98 Å². The molecular weight excluding hydrogens is 250 g/mol. The van der Waals surface area contributed by atoms with Crippen LogP contribution in [0.25, 0.3) is 0 Å². The highest BCUT2D eigenvalue weighted by Gasteiger charge is 2.21. The number of hydrogen-bond acceptors (Lipinski definition) is 5. The van der Waals surface area contributed by atoms with Crippen molar-refractivity contribution in [2.75, 3.05) is 13.4 Å². The lowest BCUT2D eigenvalue weighted by molar-refractivity contribution is 0.0909. The lowest BCUT2D eigenvalue weighted by Gasteiger charge is -2.15. The number of fused-ring (bicyclic) bond motifs is 1. The Bertz CT molecular complexity index is 527. The minimum absolute atomic E-state index is 0.135. The molecule has 94 valence electrons. The smallest absolute Gasteiger partial charge is 0.231 e. The molecule has 1 aromatic heterocycles. The van der Waals surface area contributed by atoms with Crippen LogP contribution in [0.4, 0.5) is 0 Å². The fourth-order valence-electron chi connectivity index (χ4n) is 1.92. The van der Waals surface area contributed by atoms with Crippen LogP contribution in [0.15, 0.2) is 29.8 Å². The van der Waals surface area contributed by atoms with Gasteiger partial charge in [0.15, 0.2) is 11.5 Å². The van der Waals surface area contributed by atoms with Crippen LogP contribution in [0, 0.1) is 0 Å². The Morgan fingerprint density at radius 2 is 2.28 bits per heavy atom. The Hall–Kier alpha value is -1.59. The van der Waals surface area contributed by atoms with Crippen molar-refractivity contribution in [3.05, 3.63) is 40.3 Å². The number of benzene rings is 1. The molecule has 2 heterocycles. The molecule has 4 nitrogen and oxygen atoms in total. The van der Waals surface area contributed by atoms with Crippen molar-refractivity contribution >= 4 is 11.3 Å². The first-order chi connectivity index (χ1) is 8.88. The van der Waals surface area contributed by atoms with E-state index in [9.17, 15) is 0 Å². The third-order valence-corrected chi connectivity index (χ3v) is 3.53. The van der Waals surface area contributed by atoms with Gasteiger partial charge in [-0.2, -0.15) is 0 Å². The van der Waals surface area contributed by atoms with Crippen molar-refractivity contribution in [3.8, 4) is 11.5 Å². The van der Waals surface area contributed by atoms with Gasteiger partial charge in [0.25, 0.3) is 0 Å². The van der Waals surface area contributed by atoms with E-state index in [0.29, 0.717) is 6.61 Å². The SMILES string of the molecule is CCOC(c1ccc2c(c1)OCO2)c1nccs1. The van der Waals surface area contributed by atoms with Gasteiger partial charge in [-0.1, -0.05) is 6.07 Å². The molecule has 18 heavy (non-hydrogen) atoms. The van der Waals surface area contributed by atoms with Gasteiger partial charge in [0.1, 0.15) is 11.1 Å². The summed E-state index contributed by atoms with van der Waals surface area (Å²) < 4.78 is 16.5. The molecule has 0 radical (unpaired) electrons. The molecule has 0 N–H and O–H groups in total. The van der Waals surface area contributed by atoms with E-state index >= 15 is 0 Å². The highest BCUT2D eigenvalue weighted by molar-refractivity contribution is 7.09. The maximum absolute atomic E-state index is 5.78. The van der Waals surface area contributed by atoms with Crippen LogP contribution in [0.5, 0.6) is 11.5 Å². The number of rotatable bonds is 4. The number of aromatic nitrogens is 1. The molecule has 1 aliphatic heterocycles. The molecule has 5 heteroatoms. The van der Waals surface area contributed by atoms with Crippen LogP contribution in [0.1, 0.15) is 23.6 Å². The lowest BCUT2D eigenvalue weighted by atomic mass is 10.1. The van der Waals surface area contributed by atoms with Crippen molar-refractivity contribution in [3.63, 3.8) is 0 Å². The summed E-state index contributed by atoms with van der Waals surface area (Å²) >= 11 is 1.59. The zero-order valence-corrected chi connectivity index (χ0v) is 10.8. The maximum atomic E-state index is 5.78. The molecule has 0 fully saturated rings. The first-order valence-electron chi connectivity index (χ1n) is 5.79. The van der Waals surface area contributed by atoms with Gasteiger partial charge < -0.3 is 14.2 Å². The summed E-state index contributed by atoms with van der Waals surface area (Å²) in [6.07, 6.45) is 1.66. The fourth-order valence-corrected chi connectivity index (χ4v) is 2.63. The van der Waals surface area contributed by atoms with Crippen LogP contribution in [0.2, 0.25) is 0 Å². The van der Waals surface area contributed by atoms with Gasteiger partial charge in [-0.05, 0) is 24.6 Å². The molecule has 0 saturated carbocycles. The third-order valence-electron chi connectivity index (χ3n) is 2.71. The van der Waals surface area contributed by atoms with E-state index in [4.69, 9.17) is 14.2 Å². The Kier molecular flexibility index (Phi) is 3.17. The molecule has 0 bridgehead atoms. The fraction of sp³-hybridized carbons (Fsp3) is 0.308. The molecule has 1 aliphatic rings. The number of ether oxygens (including phenoxy) is 3. The van der Waals surface area contributed by atoms with Crippen molar-refractivity contribution in [2.24, 2.45) is 0 Å². The first-order valence-corrected chi connectivity index (χ1v) is 6.67. The van der Waals surface area contributed by atoms with Gasteiger partial charge in [-0.3, -0.25) is 0 Å². The normalized spacial score (nSPS) is 14.7. The van der Waals surface area contributed by atoms with E-state index in [-0.39, 0.29) is 12.9 Å². The van der Waals surface area contributed by atoms with Gasteiger partial charge in [0.05, 0.1) is 0 Å². The van der Waals surface area contributed by atoms with Crippen LogP contribution >= 0.6 is 11.3 Å². The minimum Gasteiger partial charge on any atom is -0.454 e. The number of hydrogen-bond donors (Lipinski definition) is 0. The quantitative estimate of drug-likeness (QED) is 0.850. The second-order valence-corrected chi connectivity index (χ2v) is 4.74. The summed E-state index contributed by atoms with van der Waals surface area (Å²) in [7, 11) is 0. The zero-order chi connectivity index (χ0) is 12.4. The Balaban J connectivity index is 1.95. The van der Waals surface area contributed by atoms with E-state index in [1.165, 1.54) is 0 Å². The van der Waals surface area contributed by atoms with Crippen LogP contribution in [0.3, 0.4) is 0 Å². The summed E-state index contributed by atoms with van der Waals surface area (Å²) in [5, 5.41) is 2.91. The van der Waals surface area contributed by atoms with Crippen LogP contribution in [-0.2, 0) is 4.74 Å². The highest BCUT2D eigenvalue weighted by Crippen LogP contribution is 2.37. The first kappa shape index (κ1) is 11.5. The summed E-state index contributed by atoms with van der Waals surface area (Å²) in [6.45, 7) is 2.90. The molecule has 0 aliphatic carbocycles. The van der Waals surface area contributed by atoms with Crippen molar-refractivity contribution in [2.45, 2.75) is 13.0 Å². The summed E-state index contributed by atoms with van der Waals surface area (Å²) in [5.41, 5.74) is 1.04. The third kappa shape index (κ3) is 2.07. The molecule has 1 aromatic carbocycles. The molecular formula is C13H13NO3S. The predicted molar refractivity (Wildman–Crippen MR) is 68.1 cm³/mol. The topological polar surface area (TPSA) is 40.6 Å². The standard InChI is InChI=1S/C13H13NO3S/c1-2-15-12(13-14-5-6-18-13)9-3-4-10-11(7-9)17-8-16-10/h3-7,12H,2,8H2,1H3. The summed E-state index contributed by atoms with van der Waals surface area (Å²) in [6, 6.07) is 5.87. The summed E-state index contributed by atoms with van der Waals surface area (Å²) in [4.78, 5) is 4.33. The average Bonchev–Trinajstić information content (AvgIpc) is 3.05. The minimum atomic E-state index is -0.135. The largest absolute Gasteiger partial charge is 0.454 e. The Labute approximate surface area is 109 Å². The zero-order valence-electron chi connectivity index (χ0n) is 9.96. The van der Waals surface area contributed by atoms with Gasteiger partial charge in [-0.25, -0.2) is 4.98 Å². The lowest BCUT2D eigenvalue weighted by Crippen LogP contribution is -2.05. The van der Waals surface area contributed by atoms with Crippen molar-refractivity contribution in [1.29, 1.82) is 0 Å². The number of nitrogens with zero attached hydrogens (tertiary/aromatic N) is 1. The second kappa shape index (κ2) is 4.96. The monoisotopic (exact) mass is 263 g/mol. The van der Waals surface area contributed by atoms with Crippen LogP contribution in [-0.4, -0.2) is 18.4 Å². The molecule has 0 amide bonds. The van der Waals surface area contributed by atoms with E-state index in [1.54, 1.807) is 17.5 Å².